The van der Waals surface area contributed by atoms with Gasteiger partial charge in [-0.05, 0) is 30.3 Å². The van der Waals surface area contributed by atoms with Crippen LogP contribution < -0.4 is 10.9 Å². The lowest BCUT2D eigenvalue weighted by molar-refractivity contribution is 0.0600. The number of hydrogen-bond donors (Lipinski definition) is 1. The van der Waals surface area contributed by atoms with E-state index in [0.29, 0.717) is 22.2 Å². The van der Waals surface area contributed by atoms with Crippen molar-refractivity contribution in [1.29, 1.82) is 0 Å². The van der Waals surface area contributed by atoms with Crippen molar-refractivity contribution < 1.29 is 18.7 Å². The molecule has 1 heterocycles. The molecule has 0 aliphatic rings. The number of amides is 1. The Labute approximate surface area is 136 Å². The van der Waals surface area contributed by atoms with Crippen LogP contribution in [0.4, 0.5) is 5.69 Å². The molecule has 0 fully saturated rings. The maximum absolute atomic E-state index is 12.3. The second kappa shape index (κ2) is 6.37. The normalized spacial score (nSPS) is 10.4. The molecular weight excluding hydrogens is 310 g/mol. The summed E-state index contributed by atoms with van der Waals surface area (Å²) in [4.78, 5) is 35.8. The molecule has 0 atom stereocenters. The highest BCUT2D eigenvalue weighted by Crippen LogP contribution is 2.15. The molecule has 0 spiro atoms. The summed E-state index contributed by atoms with van der Waals surface area (Å²) in [5.41, 5.74) is 0.232. The Morgan fingerprint density at radius 1 is 1.04 bits per heavy atom. The minimum atomic E-state index is -0.727. The van der Waals surface area contributed by atoms with E-state index >= 15 is 0 Å². The zero-order valence-electron chi connectivity index (χ0n) is 12.7. The fourth-order valence-electron chi connectivity index (χ4n) is 2.26. The molecule has 1 aromatic heterocycles. The van der Waals surface area contributed by atoms with Crippen LogP contribution in [-0.4, -0.2) is 19.0 Å². The fourth-order valence-corrected chi connectivity index (χ4v) is 2.26. The van der Waals surface area contributed by atoms with Gasteiger partial charge >= 0.3 is 11.6 Å². The highest BCUT2D eigenvalue weighted by atomic mass is 16.5. The monoisotopic (exact) mass is 323 g/mol. The molecule has 6 nitrogen and oxygen atoms in total. The van der Waals surface area contributed by atoms with Crippen LogP contribution in [0, 0.1) is 0 Å². The molecule has 1 N–H and O–H groups in total. The number of rotatable bonds is 3. The van der Waals surface area contributed by atoms with Gasteiger partial charge in [0.15, 0.2) is 0 Å². The minimum absolute atomic E-state index is 0.114. The lowest BCUT2D eigenvalue weighted by atomic mass is 10.1. The molecular formula is C18H13NO5. The zero-order valence-corrected chi connectivity index (χ0v) is 12.7. The molecule has 0 saturated heterocycles. The molecule has 24 heavy (non-hydrogen) atoms. The highest BCUT2D eigenvalue weighted by molar-refractivity contribution is 6.05. The van der Waals surface area contributed by atoms with E-state index in [0.717, 1.165) is 0 Å². The number of ether oxygens (including phenoxy) is 1. The number of esters is 1. The van der Waals surface area contributed by atoms with Gasteiger partial charge < -0.3 is 14.5 Å². The number of anilines is 1. The Kier molecular flexibility index (Phi) is 4.11. The van der Waals surface area contributed by atoms with Crippen LogP contribution in [0.1, 0.15) is 20.7 Å². The van der Waals surface area contributed by atoms with Gasteiger partial charge in [0.05, 0.1) is 12.7 Å². The summed E-state index contributed by atoms with van der Waals surface area (Å²) < 4.78 is 9.77. The van der Waals surface area contributed by atoms with E-state index in [1.165, 1.54) is 19.2 Å². The lowest BCUT2D eigenvalue weighted by Gasteiger charge is -2.06. The van der Waals surface area contributed by atoms with Gasteiger partial charge in [-0.1, -0.05) is 24.3 Å². The quantitative estimate of drug-likeness (QED) is 0.592. The summed E-state index contributed by atoms with van der Waals surface area (Å²) in [5, 5.41) is 3.22. The molecule has 6 heteroatoms. The van der Waals surface area contributed by atoms with Gasteiger partial charge in [-0.3, -0.25) is 4.79 Å². The Hall–Kier alpha value is -3.41. The molecule has 0 unspecified atom stereocenters. The number of fused-ring (bicyclic) bond motifs is 1. The number of carbonyl (C=O) groups excluding carboxylic acids is 2. The molecule has 0 aliphatic heterocycles. The first-order valence-corrected chi connectivity index (χ1v) is 7.11. The first-order chi connectivity index (χ1) is 11.6. The maximum Gasteiger partial charge on any atom is 0.349 e. The second-order valence-electron chi connectivity index (χ2n) is 5.01. The first kappa shape index (κ1) is 15.5. The van der Waals surface area contributed by atoms with Gasteiger partial charge in [-0.25, -0.2) is 9.59 Å². The predicted molar refractivity (Wildman–Crippen MR) is 88.2 cm³/mol. The number of para-hydroxylation sites is 1. The highest BCUT2D eigenvalue weighted by Gasteiger charge is 2.14. The van der Waals surface area contributed by atoms with Gasteiger partial charge in [0.2, 0.25) is 0 Å². The van der Waals surface area contributed by atoms with E-state index in [4.69, 9.17) is 4.42 Å². The molecule has 0 aliphatic carbocycles. The topological polar surface area (TPSA) is 85.6 Å². The Morgan fingerprint density at radius 2 is 1.83 bits per heavy atom. The van der Waals surface area contributed by atoms with Gasteiger partial charge in [0.1, 0.15) is 11.1 Å². The fraction of sp³-hybridized carbons (Fsp3) is 0.0556. The molecule has 3 aromatic rings. The average Bonchev–Trinajstić information content (AvgIpc) is 2.60. The van der Waals surface area contributed by atoms with E-state index in [9.17, 15) is 14.4 Å². The van der Waals surface area contributed by atoms with E-state index in [-0.39, 0.29) is 5.56 Å². The summed E-state index contributed by atoms with van der Waals surface area (Å²) in [6.07, 6.45) is 0. The van der Waals surface area contributed by atoms with Crippen LogP contribution in [-0.2, 0) is 4.74 Å². The van der Waals surface area contributed by atoms with Crippen molar-refractivity contribution in [2.75, 3.05) is 12.4 Å². The largest absolute Gasteiger partial charge is 0.465 e. The van der Waals surface area contributed by atoms with Crippen LogP contribution in [0.5, 0.6) is 0 Å². The van der Waals surface area contributed by atoms with Crippen molar-refractivity contribution in [3.05, 3.63) is 76.1 Å². The van der Waals surface area contributed by atoms with Gasteiger partial charge in [0, 0.05) is 11.1 Å². The molecule has 0 radical (unpaired) electrons. The van der Waals surface area contributed by atoms with Crippen molar-refractivity contribution in [3.8, 4) is 0 Å². The number of hydrogen-bond acceptors (Lipinski definition) is 5. The number of benzene rings is 2. The number of carbonyl (C=O) groups is 2. The van der Waals surface area contributed by atoms with Crippen LogP contribution in [0.3, 0.4) is 0 Å². The molecule has 120 valence electrons. The average molecular weight is 323 g/mol. The number of nitrogens with one attached hydrogen (secondary N) is 1. The summed E-state index contributed by atoms with van der Waals surface area (Å²) in [5.74, 6) is -1.13. The summed E-state index contributed by atoms with van der Waals surface area (Å²) in [6.45, 7) is 0. The molecule has 0 bridgehead atoms. The Bertz CT molecular complexity index is 990. The maximum atomic E-state index is 12.3. The van der Waals surface area contributed by atoms with E-state index in [2.05, 4.69) is 10.1 Å². The van der Waals surface area contributed by atoms with E-state index < -0.39 is 17.5 Å². The van der Waals surface area contributed by atoms with Crippen molar-refractivity contribution in [2.45, 2.75) is 0 Å². The van der Waals surface area contributed by atoms with Gasteiger partial charge in [0.25, 0.3) is 5.91 Å². The van der Waals surface area contributed by atoms with Crippen LogP contribution in [0.25, 0.3) is 11.0 Å². The lowest BCUT2D eigenvalue weighted by Crippen LogP contribution is -2.20. The summed E-state index contributed by atoms with van der Waals surface area (Å²) >= 11 is 0. The van der Waals surface area contributed by atoms with E-state index in [1.807, 2.05) is 0 Å². The third-order valence-corrected chi connectivity index (χ3v) is 3.43. The zero-order chi connectivity index (χ0) is 17.1. The Morgan fingerprint density at radius 3 is 2.62 bits per heavy atom. The third-order valence-electron chi connectivity index (χ3n) is 3.43. The van der Waals surface area contributed by atoms with Crippen LogP contribution in [0.15, 0.2) is 63.8 Å². The predicted octanol–water partition coefficient (Wildman–Crippen LogP) is 2.83. The third kappa shape index (κ3) is 3.03. The Balaban J connectivity index is 1.92. The standard InChI is InChI=1S/C18H13NO5/c1-23-17(21)12-6-4-7-13(9-12)19-16(20)14-10-11-5-2-3-8-15(11)24-18(14)22/h2-10H,1H3,(H,19,20). The van der Waals surface area contributed by atoms with Crippen molar-refractivity contribution in [3.63, 3.8) is 0 Å². The summed E-state index contributed by atoms with van der Waals surface area (Å²) in [6, 6.07) is 14.6. The molecule has 2 aromatic carbocycles. The van der Waals surface area contributed by atoms with E-state index in [1.54, 1.807) is 42.5 Å². The first-order valence-electron chi connectivity index (χ1n) is 7.11. The molecule has 0 saturated carbocycles. The van der Waals surface area contributed by atoms with Crippen LogP contribution >= 0.6 is 0 Å². The minimum Gasteiger partial charge on any atom is -0.465 e. The van der Waals surface area contributed by atoms with Gasteiger partial charge in [-0.2, -0.15) is 0 Å². The SMILES string of the molecule is COC(=O)c1cccc(NC(=O)c2cc3ccccc3oc2=O)c1. The second-order valence-corrected chi connectivity index (χ2v) is 5.01. The number of methoxy groups -OCH3 is 1. The van der Waals surface area contributed by atoms with Crippen molar-refractivity contribution in [2.24, 2.45) is 0 Å². The van der Waals surface area contributed by atoms with Crippen molar-refractivity contribution in [1.82, 2.24) is 0 Å². The summed E-state index contributed by atoms with van der Waals surface area (Å²) in [7, 11) is 1.27. The smallest absolute Gasteiger partial charge is 0.349 e. The van der Waals surface area contributed by atoms with Crippen molar-refractivity contribution >= 4 is 28.5 Å². The molecule has 1 amide bonds. The van der Waals surface area contributed by atoms with Crippen LogP contribution in [0.2, 0.25) is 0 Å². The van der Waals surface area contributed by atoms with Gasteiger partial charge in [-0.15, -0.1) is 0 Å². The molecule has 3 rings (SSSR count).